The number of benzene rings is 2. The number of para-hydroxylation sites is 1. The largest absolute Gasteiger partial charge is 0.465 e. The molecule has 0 fully saturated rings. The van der Waals surface area contributed by atoms with Crippen LogP contribution < -0.4 is 16.2 Å². The first-order valence-electron chi connectivity index (χ1n) is 9.56. The summed E-state index contributed by atoms with van der Waals surface area (Å²) in [4.78, 5) is 30.2. The lowest BCUT2D eigenvalue weighted by Crippen LogP contribution is -2.22. The van der Waals surface area contributed by atoms with Gasteiger partial charge in [0.1, 0.15) is 11.5 Å². The third-order valence-corrected chi connectivity index (χ3v) is 5.52. The number of aryl methyl sites for hydroxylation is 1. The molecule has 3 heterocycles. The number of rotatable bonds is 5. The monoisotopic (exact) mass is 431 g/mol. The van der Waals surface area contributed by atoms with Crippen LogP contribution in [0.2, 0.25) is 0 Å². The molecule has 2 aromatic carbocycles. The van der Waals surface area contributed by atoms with Gasteiger partial charge in [-0.1, -0.05) is 29.5 Å². The van der Waals surface area contributed by atoms with E-state index in [9.17, 15) is 9.59 Å². The van der Waals surface area contributed by atoms with E-state index < -0.39 is 0 Å². The number of amides is 1. The number of hydrogen-bond acceptors (Lipinski definition) is 7. The van der Waals surface area contributed by atoms with Gasteiger partial charge in [0.2, 0.25) is 10.1 Å². The van der Waals surface area contributed by atoms with Crippen LogP contribution in [0.1, 0.15) is 21.9 Å². The Morgan fingerprint density at radius 1 is 1.13 bits per heavy atom. The van der Waals surface area contributed by atoms with Crippen molar-refractivity contribution < 1.29 is 9.21 Å². The second-order valence-corrected chi connectivity index (χ2v) is 7.89. The minimum Gasteiger partial charge on any atom is -0.465 e. The van der Waals surface area contributed by atoms with Gasteiger partial charge in [0.05, 0.1) is 17.4 Å². The molecule has 0 atom stereocenters. The molecule has 0 bridgehead atoms. The highest BCUT2D eigenvalue weighted by molar-refractivity contribution is 7.20. The predicted molar refractivity (Wildman–Crippen MR) is 119 cm³/mol. The molecule has 31 heavy (non-hydrogen) atoms. The highest BCUT2D eigenvalue weighted by Crippen LogP contribution is 2.23. The van der Waals surface area contributed by atoms with Crippen molar-refractivity contribution in [3.8, 4) is 0 Å². The summed E-state index contributed by atoms with van der Waals surface area (Å²) in [6.07, 6.45) is 0. The highest BCUT2D eigenvalue weighted by Gasteiger charge is 2.12. The van der Waals surface area contributed by atoms with Gasteiger partial charge in [-0.25, -0.2) is 4.98 Å². The number of anilines is 2. The maximum atomic E-state index is 12.7. The van der Waals surface area contributed by atoms with E-state index >= 15 is 0 Å². The molecular weight excluding hydrogens is 414 g/mol. The Labute approximate surface area is 180 Å². The van der Waals surface area contributed by atoms with Gasteiger partial charge in [0.25, 0.3) is 11.5 Å². The fourth-order valence-corrected chi connectivity index (χ4v) is 4.04. The van der Waals surface area contributed by atoms with Gasteiger partial charge in [-0.05, 0) is 49.4 Å². The van der Waals surface area contributed by atoms with E-state index in [2.05, 4.69) is 20.7 Å². The SMILES string of the molecule is Cc1ccc(CNC(=O)c2cccc(Nc3nn4c(=O)c5ccccc5nc4s3)c2)o1. The Bertz CT molecular complexity index is 1480. The lowest BCUT2D eigenvalue weighted by Gasteiger charge is -2.06. The van der Waals surface area contributed by atoms with Crippen LogP contribution in [0.4, 0.5) is 10.8 Å². The molecule has 0 radical (unpaired) electrons. The lowest BCUT2D eigenvalue weighted by atomic mass is 10.2. The predicted octanol–water partition coefficient (Wildman–Crippen LogP) is 3.88. The molecule has 0 saturated heterocycles. The third kappa shape index (κ3) is 3.78. The van der Waals surface area contributed by atoms with Crippen molar-refractivity contribution in [2.24, 2.45) is 0 Å². The van der Waals surface area contributed by atoms with E-state index in [4.69, 9.17) is 4.42 Å². The van der Waals surface area contributed by atoms with E-state index in [1.807, 2.05) is 31.2 Å². The number of carbonyl (C=O) groups is 1. The Morgan fingerprint density at radius 3 is 2.84 bits per heavy atom. The van der Waals surface area contributed by atoms with Gasteiger partial charge in [-0.15, -0.1) is 5.10 Å². The first-order valence-corrected chi connectivity index (χ1v) is 10.4. The van der Waals surface area contributed by atoms with Gasteiger partial charge in [-0.2, -0.15) is 4.52 Å². The van der Waals surface area contributed by atoms with Crippen molar-refractivity contribution in [1.82, 2.24) is 19.9 Å². The summed E-state index contributed by atoms with van der Waals surface area (Å²) in [6, 6.07) is 17.9. The smallest absolute Gasteiger partial charge is 0.283 e. The van der Waals surface area contributed by atoms with E-state index in [1.165, 1.54) is 15.9 Å². The zero-order valence-electron chi connectivity index (χ0n) is 16.5. The molecule has 0 unspecified atom stereocenters. The molecule has 3 aromatic heterocycles. The zero-order chi connectivity index (χ0) is 21.4. The van der Waals surface area contributed by atoms with Crippen LogP contribution in [0, 0.1) is 6.92 Å². The minimum atomic E-state index is -0.217. The van der Waals surface area contributed by atoms with E-state index in [-0.39, 0.29) is 11.5 Å². The molecule has 154 valence electrons. The van der Waals surface area contributed by atoms with Crippen LogP contribution in [-0.4, -0.2) is 20.5 Å². The molecule has 5 aromatic rings. The number of aromatic nitrogens is 3. The molecule has 0 aliphatic heterocycles. The molecule has 1 amide bonds. The summed E-state index contributed by atoms with van der Waals surface area (Å²) in [5.41, 5.74) is 1.59. The van der Waals surface area contributed by atoms with Crippen LogP contribution >= 0.6 is 11.3 Å². The number of fused-ring (bicyclic) bond motifs is 2. The third-order valence-electron chi connectivity index (χ3n) is 4.70. The normalized spacial score (nSPS) is 11.1. The summed E-state index contributed by atoms with van der Waals surface area (Å²) >= 11 is 1.26. The molecule has 0 spiro atoms. The van der Waals surface area contributed by atoms with Crippen LogP contribution in [0.15, 0.2) is 69.9 Å². The van der Waals surface area contributed by atoms with Crippen molar-refractivity contribution in [2.75, 3.05) is 5.32 Å². The van der Waals surface area contributed by atoms with E-state index in [0.717, 1.165) is 5.76 Å². The van der Waals surface area contributed by atoms with Crippen molar-refractivity contribution in [2.45, 2.75) is 13.5 Å². The molecule has 9 heteroatoms. The number of nitrogens with one attached hydrogen (secondary N) is 2. The standard InChI is InChI=1S/C22H17N5O3S/c1-13-9-10-16(30-13)12-23-19(28)14-5-4-6-15(11-14)24-21-26-27-20(29)17-7-2-3-8-18(17)25-22(27)31-21/h2-11H,12H2,1H3,(H,23,28)(H,24,26). The van der Waals surface area contributed by atoms with Gasteiger partial charge >= 0.3 is 0 Å². The fourth-order valence-electron chi connectivity index (χ4n) is 3.22. The van der Waals surface area contributed by atoms with Crippen molar-refractivity contribution in [1.29, 1.82) is 0 Å². The molecule has 0 aliphatic rings. The quantitative estimate of drug-likeness (QED) is 0.438. The van der Waals surface area contributed by atoms with Crippen molar-refractivity contribution in [3.05, 3.63) is 88.1 Å². The van der Waals surface area contributed by atoms with Gasteiger partial charge < -0.3 is 15.1 Å². The highest BCUT2D eigenvalue weighted by atomic mass is 32.1. The Kier molecular flexibility index (Phi) is 4.72. The van der Waals surface area contributed by atoms with Crippen LogP contribution in [0.25, 0.3) is 15.9 Å². The first-order chi connectivity index (χ1) is 15.1. The first kappa shape index (κ1) is 19.0. The molecule has 8 nitrogen and oxygen atoms in total. The summed E-state index contributed by atoms with van der Waals surface area (Å²) in [5.74, 6) is 1.28. The van der Waals surface area contributed by atoms with Crippen molar-refractivity contribution in [3.63, 3.8) is 0 Å². The fraction of sp³-hybridized carbons (Fsp3) is 0.0909. The lowest BCUT2D eigenvalue weighted by molar-refractivity contribution is 0.0948. The molecule has 0 saturated carbocycles. The van der Waals surface area contributed by atoms with Crippen LogP contribution in [0.3, 0.4) is 0 Å². The molecule has 2 N–H and O–H groups in total. The number of carbonyl (C=O) groups excluding carboxylic acids is 1. The van der Waals surface area contributed by atoms with E-state index in [0.29, 0.717) is 44.6 Å². The summed E-state index contributed by atoms with van der Waals surface area (Å²) < 4.78 is 6.76. The Balaban J connectivity index is 1.37. The topological polar surface area (TPSA) is 102 Å². The van der Waals surface area contributed by atoms with E-state index in [1.54, 1.807) is 36.4 Å². The second kappa shape index (κ2) is 7.69. The number of nitrogens with zero attached hydrogens (tertiary/aromatic N) is 3. The summed E-state index contributed by atoms with van der Waals surface area (Å²) in [5, 5.41) is 11.4. The Morgan fingerprint density at radius 2 is 2.00 bits per heavy atom. The average molecular weight is 431 g/mol. The van der Waals surface area contributed by atoms with Crippen LogP contribution in [-0.2, 0) is 6.54 Å². The number of hydrogen-bond donors (Lipinski definition) is 2. The van der Waals surface area contributed by atoms with Gasteiger partial charge in [0, 0.05) is 11.3 Å². The second-order valence-electron chi connectivity index (χ2n) is 6.94. The Hall–Kier alpha value is -3.98. The maximum absolute atomic E-state index is 12.7. The van der Waals surface area contributed by atoms with Gasteiger partial charge in [-0.3, -0.25) is 9.59 Å². The average Bonchev–Trinajstić information content (AvgIpc) is 3.38. The maximum Gasteiger partial charge on any atom is 0.283 e. The van der Waals surface area contributed by atoms with Crippen molar-refractivity contribution >= 4 is 43.9 Å². The van der Waals surface area contributed by atoms with Gasteiger partial charge in [0.15, 0.2) is 0 Å². The molecule has 5 rings (SSSR count). The molecule has 0 aliphatic carbocycles. The molecular formula is C22H17N5O3S. The zero-order valence-corrected chi connectivity index (χ0v) is 17.3. The summed E-state index contributed by atoms with van der Waals surface area (Å²) in [7, 11) is 0. The number of furan rings is 1. The minimum absolute atomic E-state index is 0.216. The summed E-state index contributed by atoms with van der Waals surface area (Å²) in [6.45, 7) is 2.17. The van der Waals surface area contributed by atoms with Crippen LogP contribution in [0.5, 0.6) is 0 Å².